The minimum atomic E-state index is 0.693. The third-order valence-electron chi connectivity index (χ3n) is 11.5. The second-order valence-electron chi connectivity index (χ2n) is 15.2. The van der Waals surface area contributed by atoms with E-state index >= 15 is 0 Å². The number of pyridine rings is 1. The summed E-state index contributed by atoms with van der Waals surface area (Å²) in [5.41, 5.74) is 13.4. The molecule has 286 valence electrons. The van der Waals surface area contributed by atoms with E-state index in [4.69, 9.17) is 15.0 Å². The first-order chi connectivity index (χ1) is 30.2. The fourth-order valence-corrected chi connectivity index (χ4v) is 8.54. The van der Waals surface area contributed by atoms with Crippen LogP contribution in [-0.2, 0) is 0 Å². The lowest BCUT2D eigenvalue weighted by Gasteiger charge is -2.26. The summed E-state index contributed by atoms with van der Waals surface area (Å²) in [6, 6.07) is 80.9. The summed E-state index contributed by atoms with van der Waals surface area (Å²) in [6.45, 7) is 0. The summed E-state index contributed by atoms with van der Waals surface area (Å²) in [7, 11) is 0. The molecule has 0 atom stereocenters. The molecule has 0 spiro atoms. The first-order valence-corrected chi connectivity index (χ1v) is 20.6. The number of anilines is 3. The van der Waals surface area contributed by atoms with E-state index in [0.717, 1.165) is 88.8 Å². The molecular formula is C57H38N4. The van der Waals surface area contributed by atoms with Crippen molar-refractivity contribution in [2.45, 2.75) is 0 Å². The zero-order chi connectivity index (χ0) is 40.5. The van der Waals surface area contributed by atoms with Crippen molar-refractivity contribution >= 4 is 49.5 Å². The van der Waals surface area contributed by atoms with E-state index in [1.165, 1.54) is 11.1 Å². The summed E-state index contributed by atoms with van der Waals surface area (Å²) >= 11 is 0. The van der Waals surface area contributed by atoms with Crippen molar-refractivity contribution < 1.29 is 0 Å². The van der Waals surface area contributed by atoms with Crippen molar-refractivity contribution in [1.82, 2.24) is 15.0 Å². The van der Waals surface area contributed by atoms with Gasteiger partial charge in [-0.3, -0.25) is 0 Å². The van der Waals surface area contributed by atoms with Gasteiger partial charge < -0.3 is 4.90 Å². The molecule has 0 saturated heterocycles. The van der Waals surface area contributed by atoms with E-state index in [9.17, 15) is 0 Å². The molecule has 2 heterocycles. The normalized spacial score (nSPS) is 11.3. The molecule has 0 bridgehead atoms. The molecular weight excluding hydrogens is 741 g/mol. The van der Waals surface area contributed by atoms with Crippen molar-refractivity contribution in [2.75, 3.05) is 4.90 Å². The van der Waals surface area contributed by atoms with Crippen molar-refractivity contribution in [3.63, 3.8) is 0 Å². The first kappa shape index (κ1) is 35.9. The van der Waals surface area contributed by atoms with Crippen molar-refractivity contribution in [3.8, 4) is 56.3 Å². The van der Waals surface area contributed by atoms with Crippen LogP contribution in [0.5, 0.6) is 0 Å². The van der Waals surface area contributed by atoms with Gasteiger partial charge >= 0.3 is 0 Å². The van der Waals surface area contributed by atoms with Gasteiger partial charge in [0.15, 0.2) is 5.82 Å². The van der Waals surface area contributed by atoms with Crippen molar-refractivity contribution in [3.05, 3.63) is 231 Å². The molecule has 0 radical (unpaired) electrons. The lowest BCUT2D eigenvalue weighted by atomic mass is 9.91. The molecule has 9 aromatic carbocycles. The van der Waals surface area contributed by atoms with Gasteiger partial charge in [0, 0.05) is 55.5 Å². The number of para-hydroxylation sites is 2. The largest absolute Gasteiger partial charge is 0.311 e. The van der Waals surface area contributed by atoms with Gasteiger partial charge in [-0.25, -0.2) is 15.0 Å². The van der Waals surface area contributed by atoms with E-state index in [-0.39, 0.29) is 0 Å². The van der Waals surface area contributed by atoms with Gasteiger partial charge in [0.1, 0.15) is 0 Å². The average molecular weight is 779 g/mol. The van der Waals surface area contributed by atoms with Crippen molar-refractivity contribution in [2.24, 2.45) is 0 Å². The standard InChI is InChI=1S/C57H38N4/c1-5-16-39(17-6-1)40-28-33-46(34-29-40)61(45-23-11-4-12-24-45)47-35-30-43(31-36-47)56-50-37-32-42-22-15-26-49(54(42)55(50)48-25-13-14-27-51(48)58-56)53-38-52(41-18-7-2-8-19-41)59-57(60-53)44-20-9-3-10-21-44/h1-38H. The monoisotopic (exact) mass is 778 g/mol. The minimum absolute atomic E-state index is 0.693. The molecule has 0 unspecified atom stereocenters. The van der Waals surface area contributed by atoms with Crippen LogP contribution in [0.3, 0.4) is 0 Å². The van der Waals surface area contributed by atoms with Crippen LogP contribution in [0.15, 0.2) is 231 Å². The fraction of sp³-hybridized carbons (Fsp3) is 0. The lowest BCUT2D eigenvalue weighted by Crippen LogP contribution is -2.09. The predicted molar refractivity (Wildman–Crippen MR) is 254 cm³/mol. The van der Waals surface area contributed by atoms with E-state index < -0.39 is 0 Å². The highest BCUT2D eigenvalue weighted by atomic mass is 15.1. The van der Waals surface area contributed by atoms with Crippen LogP contribution in [0.1, 0.15) is 0 Å². The fourth-order valence-electron chi connectivity index (χ4n) is 8.54. The molecule has 2 aromatic heterocycles. The topological polar surface area (TPSA) is 41.9 Å². The third-order valence-corrected chi connectivity index (χ3v) is 11.5. The van der Waals surface area contributed by atoms with Crippen LogP contribution in [0.25, 0.3) is 88.7 Å². The zero-order valence-electron chi connectivity index (χ0n) is 33.2. The summed E-state index contributed by atoms with van der Waals surface area (Å²) in [5.74, 6) is 0.693. The number of hydrogen-bond acceptors (Lipinski definition) is 4. The van der Waals surface area contributed by atoms with Crippen LogP contribution in [0, 0.1) is 0 Å². The Morgan fingerprint density at radius 2 is 0.852 bits per heavy atom. The molecule has 0 fully saturated rings. The summed E-state index contributed by atoms with van der Waals surface area (Å²) in [5, 5.41) is 5.63. The van der Waals surface area contributed by atoms with Gasteiger partial charge in [-0.2, -0.15) is 0 Å². The average Bonchev–Trinajstić information content (AvgIpc) is 3.35. The molecule has 4 heteroatoms. The molecule has 0 amide bonds. The van der Waals surface area contributed by atoms with Crippen LogP contribution >= 0.6 is 0 Å². The zero-order valence-corrected chi connectivity index (χ0v) is 33.2. The van der Waals surface area contributed by atoms with Gasteiger partial charge in [-0.05, 0) is 70.4 Å². The number of rotatable bonds is 8. The molecule has 11 rings (SSSR count). The highest BCUT2D eigenvalue weighted by molar-refractivity contribution is 6.25. The molecule has 0 saturated carbocycles. The Kier molecular flexibility index (Phi) is 9.14. The Morgan fingerprint density at radius 3 is 1.54 bits per heavy atom. The molecule has 11 aromatic rings. The Labute approximate surface area is 354 Å². The Morgan fingerprint density at radius 1 is 0.311 bits per heavy atom. The predicted octanol–water partition coefficient (Wildman–Crippen LogP) is 15.1. The second-order valence-corrected chi connectivity index (χ2v) is 15.2. The van der Waals surface area contributed by atoms with Gasteiger partial charge in [-0.15, -0.1) is 0 Å². The summed E-state index contributed by atoms with van der Waals surface area (Å²) < 4.78 is 0. The van der Waals surface area contributed by atoms with E-state index in [0.29, 0.717) is 5.82 Å². The van der Waals surface area contributed by atoms with Crippen LogP contribution in [0.2, 0.25) is 0 Å². The highest BCUT2D eigenvalue weighted by Crippen LogP contribution is 2.43. The number of fused-ring (bicyclic) bond motifs is 5. The maximum atomic E-state index is 5.38. The first-order valence-electron chi connectivity index (χ1n) is 20.6. The van der Waals surface area contributed by atoms with Gasteiger partial charge in [0.05, 0.1) is 22.6 Å². The number of hydrogen-bond donors (Lipinski definition) is 0. The minimum Gasteiger partial charge on any atom is -0.311 e. The number of benzene rings is 9. The lowest BCUT2D eigenvalue weighted by molar-refractivity contribution is 1.19. The van der Waals surface area contributed by atoms with Gasteiger partial charge in [-0.1, -0.05) is 182 Å². The quantitative estimate of drug-likeness (QED) is 0.144. The van der Waals surface area contributed by atoms with Crippen LogP contribution in [-0.4, -0.2) is 15.0 Å². The van der Waals surface area contributed by atoms with E-state index in [2.05, 4.69) is 211 Å². The third kappa shape index (κ3) is 6.76. The number of aromatic nitrogens is 3. The summed E-state index contributed by atoms with van der Waals surface area (Å²) in [4.78, 5) is 18.1. The second kappa shape index (κ2) is 15.5. The summed E-state index contributed by atoms with van der Waals surface area (Å²) in [6.07, 6.45) is 0. The van der Waals surface area contributed by atoms with Gasteiger partial charge in [0.2, 0.25) is 0 Å². The Hall–Kier alpha value is -8.21. The van der Waals surface area contributed by atoms with E-state index in [1.54, 1.807) is 0 Å². The van der Waals surface area contributed by atoms with Gasteiger partial charge in [0.25, 0.3) is 0 Å². The molecule has 0 N–H and O–H groups in total. The Balaban J connectivity index is 1.07. The highest BCUT2D eigenvalue weighted by Gasteiger charge is 2.19. The molecule has 61 heavy (non-hydrogen) atoms. The van der Waals surface area contributed by atoms with Crippen LogP contribution < -0.4 is 4.90 Å². The smallest absolute Gasteiger partial charge is 0.160 e. The molecule has 0 aliphatic heterocycles. The molecule has 0 aliphatic rings. The van der Waals surface area contributed by atoms with E-state index in [1.807, 2.05) is 24.3 Å². The van der Waals surface area contributed by atoms with Crippen molar-refractivity contribution in [1.29, 1.82) is 0 Å². The number of nitrogens with zero attached hydrogens (tertiary/aromatic N) is 4. The maximum Gasteiger partial charge on any atom is 0.160 e. The Bertz CT molecular complexity index is 3260. The molecule has 0 aliphatic carbocycles. The van der Waals surface area contributed by atoms with Crippen LogP contribution in [0.4, 0.5) is 17.1 Å². The molecule has 4 nitrogen and oxygen atoms in total. The SMILES string of the molecule is c1ccc(-c2ccc(N(c3ccccc3)c3ccc(-c4nc5ccccc5c5c4ccc4cccc(-c6cc(-c7ccccc7)nc(-c7ccccc7)n6)c45)cc3)cc2)cc1. The maximum absolute atomic E-state index is 5.38.